The molecule has 1 aliphatic heterocycles. The predicted molar refractivity (Wildman–Crippen MR) is 81.6 cm³/mol. The summed E-state index contributed by atoms with van der Waals surface area (Å²) >= 11 is 6.83. The lowest BCUT2D eigenvalue weighted by atomic mass is 10.0. The summed E-state index contributed by atoms with van der Waals surface area (Å²) in [7, 11) is 0. The molecule has 3 N–H and O–H groups in total. The first kappa shape index (κ1) is 13.6. The van der Waals surface area contributed by atoms with Gasteiger partial charge in [-0.3, -0.25) is 0 Å². The summed E-state index contributed by atoms with van der Waals surface area (Å²) in [4.78, 5) is 1.54. The Morgan fingerprint density at radius 2 is 2.33 bits per heavy atom. The van der Waals surface area contributed by atoms with E-state index in [1.165, 1.54) is 0 Å². The van der Waals surface area contributed by atoms with Crippen molar-refractivity contribution in [2.75, 3.05) is 24.8 Å². The van der Waals surface area contributed by atoms with E-state index in [0.717, 1.165) is 29.2 Å². The molecule has 2 rings (SSSR count). The average Bonchev–Trinajstić information content (AvgIpc) is 2.75. The van der Waals surface area contributed by atoms with Crippen LogP contribution >= 0.6 is 24.0 Å². The molecule has 1 aromatic rings. The molecule has 1 fully saturated rings. The Bertz CT molecular complexity index is 456. The molecule has 1 atom stereocenters. The largest absolute Gasteiger partial charge is 0.389 e. The number of benzene rings is 1. The van der Waals surface area contributed by atoms with Crippen molar-refractivity contribution in [1.82, 2.24) is 0 Å². The highest BCUT2D eigenvalue weighted by molar-refractivity contribution is 7.98. The number of nitrogens with two attached hydrogens (primary N) is 1. The van der Waals surface area contributed by atoms with Crippen LogP contribution in [0.2, 0.25) is 0 Å². The summed E-state index contributed by atoms with van der Waals surface area (Å²) in [5.41, 5.74) is 7.76. The van der Waals surface area contributed by atoms with Crippen LogP contribution in [0.1, 0.15) is 18.9 Å². The Morgan fingerprint density at radius 1 is 1.56 bits per heavy atom. The van der Waals surface area contributed by atoms with Crippen molar-refractivity contribution in [2.45, 2.75) is 23.8 Å². The Balaban J connectivity index is 2.35. The third kappa shape index (κ3) is 2.79. The van der Waals surface area contributed by atoms with Crippen molar-refractivity contribution >= 4 is 34.7 Å². The topological polar surface area (TPSA) is 47.3 Å². The standard InChI is InChI=1S/C13H18N2OS2/c1-13(6-7-16-8-13)15-9-4-3-5-10(18-2)11(9)12(14)17/h3-5,15H,6-8H2,1-2H3,(H2,14,17). The van der Waals surface area contributed by atoms with Gasteiger partial charge in [-0.15, -0.1) is 11.8 Å². The third-order valence-electron chi connectivity index (χ3n) is 3.15. The van der Waals surface area contributed by atoms with Gasteiger partial charge in [0.1, 0.15) is 4.99 Å². The van der Waals surface area contributed by atoms with Crippen LogP contribution in [0.25, 0.3) is 0 Å². The van der Waals surface area contributed by atoms with Gasteiger partial charge in [-0.25, -0.2) is 0 Å². The molecule has 0 radical (unpaired) electrons. The SMILES string of the molecule is CSc1cccc(NC2(C)CCOC2)c1C(N)=S. The van der Waals surface area contributed by atoms with Gasteiger partial charge in [0.05, 0.1) is 12.1 Å². The third-order valence-corrected chi connectivity index (χ3v) is 4.13. The van der Waals surface area contributed by atoms with E-state index in [2.05, 4.69) is 12.2 Å². The molecule has 3 nitrogen and oxygen atoms in total. The summed E-state index contributed by atoms with van der Waals surface area (Å²) in [5, 5.41) is 3.54. The van der Waals surface area contributed by atoms with E-state index < -0.39 is 0 Å². The fraction of sp³-hybridized carbons (Fsp3) is 0.462. The molecule has 5 heteroatoms. The van der Waals surface area contributed by atoms with Crippen LogP contribution in [0, 0.1) is 0 Å². The number of nitrogens with one attached hydrogen (secondary N) is 1. The van der Waals surface area contributed by atoms with Gasteiger partial charge in [0, 0.05) is 22.8 Å². The Kier molecular flexibility index (Phi) is 4.14. The van der Waals surface area contributed by atoms with E-state index in [0.29, 0.717) is 11.6 Å². The quantitative estimate of drug-likeness (QED) is 0.657. The van der Waals surface area contributed by atoms with E-state index in [-0.39, 0.29) is 5.54 Å². The van der Waals surface area contributed by atoms with Crippen molar-refractivity contribution < 1.29 is 4.74 Å². The highest BCUT2D eigenvalue weighted by atomic mass is 32.2. The normalized spacial score (nSPS) is 23.0. The number of hydrogen-bond donors (Lipinski definition) is 2. The van der Waals surface area contributed by atoms with Crippen molar-refractivity contribution in [3.63, 3.8) is 0 Å². The molecule has 98 valence electrons. The molecule has 18 heavy (non-hydrogen) atoms. The molecule has 0 aromatic heterocycles. The molecule has 0 bridgehead atoms. The second-order valence-corrected chi connectivity index (χ2v) is 6.02. The zero-order chi connectivity index (χ0) is 13.2. The number of thioether (sulfide) groups is 1. The zero-order valence-electron chi connectivity index (χ0n) is 10.7. The highest BCUT2D eigenvalue weighted by Crippen LogP contribution is 2.31. The molecule has 0 saturated carbocycles. The zero-order valence-corrected chi connectivity index (χ0v) is 12.3. The lowest BCUT2D eigenvalue weighted by Crippen LogP contribution is -2.36. The fourth-order valence-electron chi connectivity index (χ4n) is 2.15. The first-order chi connectivity index (χ1) is 8.56. The second kappa shape index (κ2) is 5.47. The maximum absolute atomic E-state index is 5.86. The van der Waals surface area contributed by atoms with Gasteiger partial charge in [0.2, 0.25) is 0 Å². The maximum Gasteiger partial charge on any atom is 0.107 e. The second-order valence-electron chi connectivity index (χ2n) is 4.74. The van der Waals surface area contributed by atoms with Gasteiger partial charge in [-0.05, 0) is 31.7 Å². The summed E-state index contributed by atoms with van der Waals surface area (Å²) in [6.45, 7) is 3.68. The first-order valence-corrected chi connectivity index (χ1v) is 7.52. The minimum Gasteiger partial charge on any atom is -0.389 e. The summed E-state index contributed by atoms with van der Waals surface area (Å²) in [5.74, 6) is 0. The van der Waals surface area contributed by atoms with Gasteiger partial charge >= 0.3 is 0 Å². The maximum atomic E-state index is 5.86. The van der Waals surface area contributed by atoms with Crippen LogP contribution in [0.15, 0.2) is 23.1 Å². The Morgan fingerprint density at radius 3 is 2.89 bits per heavy atom. The Hall–Kier alpha value is -0.780. The summed E-state index contributed by atoms with van der Waals surface area (Å²) < 4.78 is 5.46. The van der Waals surface area contributed by atoms with E-state index in [1.807, 2.05) is 24.5 Å². The number of hydrogen-bond acceptors (Lipinski definition) is 4. The van der Waals surface area contributed by atoms with Crippen LogP contribution in [-0.4, -0.2) is 30.0 Å². The van der Waals surface area contributed by atoms with Gasteiger partial charge in [-0.2, -0.15) is 0 Å². The van der Waals surface area contributed by atoms with Crippen LogP contribution in [0.3, 0.4) is 0 Å². The number of anilines is 1. The van der Waals surface area contributed by atoms with E-state index >= 15 is 0 Å². The van der Waals surface area contributed by atoms with Gasteiger partial charge in [-0.1, -0.05) is 18.3 Å². The van der Waals surface area contributed by atoms with Crippen molar-refractivity contribution in [2.24, 2.45) is 5.73 Å². The van der Waals surface area contributed by atoms with Crippen LogP contribution in [-0.2, 0) is 4.74 Å². The van der Waals surface area contributed by atoms with Gasteiger partial charge in [0.25, 0.3) is 0 Å². The lowest BCUT2D eigenvalue weighted by Gasteiger charge is -2.27. The number of thiocarbonyl (C=S) groups is 1. The lowest BCUT2D eigenvalue weighted by molar-refractivity contribution is 0.185. The monoisotopic (exact) mass is 282 g/mol. The molecule has 0 aliphatic carbocycles. The summed E-state index contributed by atoms with van der Waals surface area (Å²) in [6.07, 6.45) is 3.02. The highest BCUT2D eigenvalue weighted by Gasteiger charge is 2.30. The van der Waals surface area contributed by atoms with Crippen molar-refractivity contribution in [3.05, 3.63) is 23.8 Å². The van der Waals surface area contributed by atoms with Gasteiger partial charge < -0.3 is 15.8 Å². The molecule has 0 amide bonds. The molecule has 1 saturated heterocycles. The fourth-order valence-corrected chi connectivity index (χ4v) is 3.07. The van der Waals surface area contributed by atoms with Crippen molar-refractivity contribution in [3.8, 4) is 0 Å². The first-order valence-electron chi connectivity index (χ1n) is 5.88. The number of ether oxygens (including phenoxy) is 1. The predicted octanol–water partition coefficient (Wildman–Crippen LogP) is 2.63. The van der Waals surface area contributed by atoms with Gasteiger partial charge in [0.15, 0.2) is 0 Å². The molecule has 1 heterocycles. The molecular formula is C13H18N2OS2. The van der Waals surface area contributed by atoms with Crippen LogP contribution < -0.4 is 11.1 Å². The van der Waals surface area contributed by atoms with E-state index in [4.69, 9.17) is 22.7 Å². The van der Waals surface area contributed by atoms with Crippen molar-refractivity contribution in [1.29, 1.82) is 0 Å². The van der Waals surface area contributed by atoms with E-state index in [9.17, 15) is 0 Å². The molecule has 1 aromatic carbocycles. The molecule has 1 aliphatic rings. The smallest absolute Gasteiger partial charge is 0.107 e. The summed E-state index contributed by atoms with van der Waals surface area (Å²) in [6, 6.07) is 6.09. The van der Waals surface area contributed by atoms with E-state index in [1.54, 1.807) is 11.8 Å². The number of rotatable bonds is 4. The minimum absolute atomic E-state index is 0.0312. The van der Waals surface area contributed by atoms with Crippen LogP contribution in [0.4, 0.5) is 5.69 Å². The average molecular weight is 282 g/mol. The minimum atomic E-state index is -0.0312. The Labute approximate surface area is 117 Å². The molecule has 1 unspecified atom stereocenters. The molecule has 0 spiro atoms. The van der Waals surface area contributed by atoms with Crippen LogP contribution in [0.5, 0.6) is 0 Å². The molecular weight excluding hydrogens is 264 g/mol.